The summed E-state index contributed by atoms with van der Waals surface area (Å²) in [6.45, 7) is 16.5. The van der Waals surface area contributed by atoms with E-state index in [-0.39, 0.29) is 16.8 Å². The molecule has 5 heteroatoms. The maximum absolute atomic E-state index is 12.1. The largest absolute Gasteiger partial charge is 0.507 e. The summed E-state index contributed by atoms with van der Waals surface area (Å²) in [5.41, 5.74) is 2.44. The molecule has 0 heterocycles. The standard InChI is InChI=1S/C25H38O5/c1-8-21(26)29-14-10-9-11-15-30-22(27)13-12-18-16-19(24(2,3)4)23(28)20(17-18)25(5,6)7/h8,16-17,28H,1,9-15H2,2-7H3. The van der Waals surface area contributed by atoms with E-state index in [0.29, 0.717) is 31.8 Å². The van der Waals surface area contributed by atoms with Crippen molar-refractivity contribution < 1.29 is 24.2 Å². The first-order valence-corrected chi connectivity index (χ1v) is 10.7. The second-order valence-electron chi connectivity index (χ2n) is 9.69. The molecular weight excluding hydrogens is 380 g/mol. The van der Waals surface area contributed by atoms with Crippen molar-refractivity contribution in [1.82, 2.24) is 0 Å². The van der Waals surface area contributed by atoms with E-state index in [9.17, 15) is 14.7 Å². The number of phenolic OH excluding ortho intramolecular Hbond substituents is 1. The molecule has 0 unspecified atom stereocenters. The minimum absolute atomic E-state index is 0.194. The maximum atomic E-state index is 12.1. The molecule has 0 amide bonds. The summed E-state index contributed by atoms with van der Waals surface area (Å²) in [5.74, 6) is -0.296. The lowest BCUT2D eigenvalue weighted by atomic mass is 9.78. The van der Waals surface area contributed by atoms with E-state index >= 15 is 0 Å². The second-order valence-corrected chi connectivity index (χ2v) is 9.69. The van der Waals surface area contributed by atoms with Gasteiger partial charge in [-0.1, -0.05) is 60.3 Å². The third kappa shape index (κ3) is 8.60. The number of benzene rings is 1. The first kappa shape index (κ1) is 25.7. The van der Waals surface area contributed by atoms with Crippen molar-refractivity contribution in [2.45, 2.75) is 84.5 Å². The third-order valence-corrected chi connectivity index (χ3v) is 4.87. The highest BCUT2D eigenvalue weighted by Crippen LogP contribution is 2.39. The van der Waals surface area contributed by atoms with Crippen LogP contribution in [0.15, 0.2) is 24.8 Å². The average Bonchev–Trinajstić information content (AvgIpc) is 2.64. The molecule has 0 aliphatic heterocycles. The van der Waals surface area contributed by atoms with Crippen LogP contribution >= 0.6 is 0 Å². The molecule has 0 aliphatic rings. The fourth-order valence-electron chi connectivity index (χ4n) is 3.10. The molecule has 1 aromatic rings. The number of unbranched alkanes of at least 4 members (excludes halogenated alkanes) is 2. The number of rotatable bonds is 10. The van der Waals surface area contributed by atoms with Crippen molar-refractivity contribution in [3.8, 4) is 5.75 Å². The maximum Gasteiger partial charge on any atom is 0.330 e. The van der Waals surface area contributed by atoms with Crippen molar-refractivity contribution in [2.24, 2.45) is 0 Å². The lowest BCUT2D eigenvalue weighted by Gasteiger charge is -2.28. The highest BCUT2D eigenvalue weighted by atomic mass is 16.5. The molecule has 0 saturated heterocycles. The van der Waals surface area contributed by atoms with E-state index < -0.39 is 5.97 Å². The molecule has 0 bridgehead atoms. The van der Waals surface area contributed by atoms with Gasteiger partial charge >= 0.3 is 11.9 Å². The zero-order valence-corrected chi connectivity index (χ0v) is 19.5. The van der Waals surface area contributed by atoms with Crippen LogP contribution in [0.4, 0.5) is 0 Å². The second kappa shape index (κ2) is 11.2. The number of phenols is 1. The molecule has 30 heavy (non-hydrogen) atoms. The van der Waals surface area contributed by atoms with Crippen LogP contribution in [0.5, 0.6) is 5.75 Å². The number of aromatic hydroxyl groups is 1. The van der Waals surface area contributed by atoms with Gasteiger partial charge in [-0.15, -0.1) is 0 Å². The highest BCUT2D eigenvalue weighted by Gasteiger charge is 2.26. The Labute approximate surface area is 181 Å². The number of aryl methyl sites for hydroxylation is 1. The van der Waals surface area contributed by atoms with Gasteiger partial charge in [-0.3, -0.25) is 4.79 Å². The molecule has 0 spiro atoms. The Morgan fingerprint density at radius 3 is 1.90 bits per heavy atom. The summed E-state index contributed by atoms with van der Waals surface area (Å²) in [6, 6.07) is 4.00. The molecule has 168 valence electrons. The van der Waals surface area contributed by atoms with E-state index in [1.165, 1.54) is 0 Å². The summed E-state index contributed by atoms with van der Waals surface area (Å²) in [5, 5.41) is 10.8. The molecule has 1 aromatic carbocycles. The average molecular weight is 419 g/mol. The summed E-state index contributed by atoms with van der Waals surface area (Å²) in [7, 11) is 0. The van der Waals surface area contributed by atoms with Crippen molar-refractivity contribution >= 4 is 11.9 Å². The number of hydrogen-bond donors (Lipinski definition) is 1. The zero-order valence-electron chi connectivity index (χ0n) is 19.5. The summed E-state index contributed by atoms with van der Waals surface area (Å²) >= 11 is 0. The van der Waals surface area contributed by atoms with Crippen LogP contribution in [0.25, 0.3) is 0 Å². The van der Waals surface area contributed by atoms with Crippen LogP contribution in [0.1, 0.15) is 83.9 Å². The normalized spacial score (nSPS) is 11.8. The first-order chi connectivity index (χ1) is 13.9. The van der Waals surface area contributed by atoms with Gasteiger partial charge < -0.3 is 14.6 Å². The smallest absolute Gasteiger partial charge is 0.330 e. The number of ether oxygens (including phenoxy) is 2. The minimum atomic E-state index is -0.417. The zero-order chi connectivity index (χ0) is 22.9. The minimum Gasteiger partial charge on any atom is -0.507 e. The van der Waals surface area contributed by atoms with E-state index in [1.54, 1.807) is 0 Å². The fraction of sp³-hybridized carbons (Fsp3) is 0.600. The molecule has 0 saturated carbocycles. The van der Waals surface area contributed by atoms with Crippen LogP contribution in [0.2, 0.25) is 0 Å². The van der Waals surface area contributed by atoms with Crippen molar-refractivity contribution in [3.63, 3.8) is 0 Å². The predicted octanol–water partition coefficient (Wildman–Crippen LogP) is 5.36. The van der Waals surface area contributed by atoms with E-state index in [1.807, 2.05) is 12.1 Å². The topological polar surface area (TPSA) is 72.8 Å². The van der Waals surface area contributed by atoms with E-state index in [2.05, 4.69) is 48.1 Å². The number of carbonyl (C=O) groups is 2. The molecule has 0 atom stereocenters. The van der Waals surface area contributed by atoms with Gasteiger partial charge in [0.05, 0.1) is 13.2 Å². The van der Waals surface area contributed by atoms with Gasteiger partial charge in [0.25, 0.3) is 0 Å². The highest BCUT2D eigenvalue weighted by molar-refractivity contribution is 5.81. The summed E-state index contributed by atoms with van der Waals surface area (Å²) in [6.07, 6.45) is 4.30. The lowest BCUT2D eigenvalue weighted by molar-refractivity contribution is -0.143. The van der Waals surface area contributed by atoms with Gasteiger partial charge in [0.15, 0.2) is 0 Å². The molecular formula is C25H38O5. The van der Waals surface area contributed by atoms with Crippen molar-refractivity contribution in [2.75, 3.05) is 13.2 Å². The van der Waals surface area contributed by atoms with Crippen LogP contribution < -0.4 is 0 Å². The number of esters is 2. The molecule has 0 aliphatic carbocycles. The van der Waals surface area contributed by atoms with Crippen LogP contribution in [-0.2, 0) is 36.3 Å². The van der Waals surface area contributed by atoms with Crippen molar-refractivity contribution in [1.29, 1.82) is 0 Å². The SMILES string of the molecule is C=CC(=O)OCCCCCOC(=O)CCc1cc(C(C)(C)C)c(O)c(C(C)(C)C)c1. The molecule has 1 rings (SSSR count). The van der Waals surface area contributed by atoms with Crippen LogP contribution in [0, 0.1) is 0 Å². The van der Waals surface area contributed by atoms with Crippen LogP contribution in [0.3, 0.4) is 0 Å². The Balaban J connectivity index is 2.56. The first-order valence-electron chi connectivity index (χ1n) is 10.7. The lowest BCUT2D eigenvalue weighted by Crippen LogP contribution is -2.18. The third-order valence-electron chi connectivity index (χ3n) is 4.87. The monoisotopic (exact) mass is 418 g/mol. The van der Waals surface area contributed by atoms with Gasteiger partial charge in [0.1, 0.15) is 5.75 Å². The Hall–Kier alpha value is -2.30. The van der Waals surface area contributed by atoms with Crippen molar-refractivity contribution in [3.05, 3.63) is 41.5 Å². The number of carbonyl (C=O) groups excluding carboxylic acids is 2. The summed E-state index contributed by atoms with van der Waals surface area (Å²) in [4.78, 5) is 23.0. The van der Waals surface area contributed by atoms with Gasteiger partial charge in [-0.2, -0.15) is 0 Å². The van der Waals surface area contributed by atoms with Crippen LogP contribution in [-0.4, -0.2) is 30.3 Å². The van der Waals surface area contributed by atoms with Gasteiger partial charge in [-0.25, -0.2) is 4.79 Å². The van der Waals surface area contributed by atoms with E-state index in [4.69, 9.17) is 9.47 Å². The van der Waals surface area contributed by atoms with Gasteiger partial charge in [0, 0.05) is 12.5 Å². The molecule has 0 aromatic heterocycles. The molecule has 0 fully saturated rings. The molecule has 1 N–H and O–H groups in total. The Bertz CT molecular complexity index is 700. The Morgan fingerprint density at radius 1 is 0.933 bits per heavy atom. The quantitative estimate of drug-likeness (QED) is 0.314. The number of hydrogen-bond acceptors (Lipinski definition) is 5. The Morgan fingerprint density at radius 2 is 1.43 bits per heavy atom. The van der Waals surface area contributed by atoms with Gasteiger partial charge in [-0.05, 0) is 53.2 Å². The molecule has 5 nitrogen and oxygen atoms in total. The van der Waals surface area contributed by atoms with Gasteiger partial charge in [0.2, 0.25) is 0 Å². The predicted molar refractivity (Wildman–Crippen MR) is 120 cm³/mol. The fourth-order valence-corrected chi connectivity index (χ4v) is 3.10. The summed E-state index contributed by atoms with van der Waals surface area (Å²) < 4.78 is 10.2. The van der Waals surface area contributed by atoms with E-state index in [0.717, 1.165) is 42.0 Å². The Kier molecular flexibility index (Phi) is 9.60. The molecule has 0 radical (unpaired) electrons.